The van der Waals surface area contributed by atoms with Crippen LogP contribution in [0.25, 0.3) is 0 Å². The van der Waals surface area contributed by atoms with Crippen LogP contribution in [0.5, 0.6) is 0 Å². The molecule has 0 bridgehead atoms. The van der Waals surface area contributed by atoms with E-state index >= 15 is 0 Å². The van der Waals surface area contributed by atoms with Crippen molar-refractivity contribution in [3.8, 4) is 0 Å². The molecule has 4 heteroatoms. The van der Waals surface area contributed by atoms with Crippen molar-refractivity contribution in [2.24, 2.45) is 5.92 Å². The normalized spacial score (nSPS) is 17.0. The molecule has 2 aromatic carbocycles. The number of carbonyl (C=O) groups is 2. The van der Waals surface area contributed by atoms with E-state index in [-0.39, 0.29) is 24.2 Å². The largest absolute Gasteiger partial charge is 0.326 e. The Morgan fingerprint density at radius 3 is 2.36 bits per heavy atom. The number of hydrogen-bond donors (Lipinski definition) is 1. The van der Waals surface area contributed by atoms with Crippen molar-refractivity contribution in [2.45, 2.75) is 33.6 Å². The molecule has 1 aliphatic rings. The second kappa shape index (κ2) is 7.09. The Morgan fingerprint density at radius 2 is 1.76 bits per heavy atom. The lowest BCUT2D eigenvalue weighted by atomic mass is 10.1. The molecule has 2 amide bonds. The van der Waals surface area contributed by atoms with E-state index in [0.717, 1.165) is 28.9 Å². The number of nitrogens with one attached hydrogen (secondary N) is 1. The van der Waals surface area contributed by atoms with Gasteiger partial charge >= 0.3 is 0 Å². The Kier molecular flexibility index (Phi) is 4.88. The lowest BCUT2D eigenvalue weighted by Crippen LogP contribution is -2.28. The summed E-state index contributed by atoms with van der Waals surface area (Å²) in [6.45, 7) is 6.54. The first-order valence-electron chi connectivity index (χ1n) is 8.74. The van der Waals surface area contributed by atoms with Crippen molar-refractivity contribution in [3.05, 3.63) is 59.2 Å². The SMILES string of the molecule is CCc1ccc(N2CC(C(=O)Nc3cc(C)cc(C)c3)CC2=O)cc1. The van der Waals surface area contributed by atoms with Crippen LogP contribution in [0, 0.1) is 19.8 Å². The highest BCUT2D eigenvalue weighted by atomic mass is 16.2. The van der Waals surface area contributed by atoms with Crippen LogP contribution < -0.4 is 10.2 Å². The van der Waals surface area contributed by atoms with Gasteiger partial charge in [0.15, 0.2) is 0 Å². The van der Waals surface area contributed by atoms with Gasteiger partial charge in [-0.2, -0.15) is 0 Å². The van der Waals surface area contributed by atoms with E-state index in [1.54, 1.807) is 4.90 Å². The Labute approximate surface area is 148 Å². The topological polar surface area (TPSA) is 49.4 Å². The predicted octanol–water partition coefficient (Wildman–Crippen LogP) is 3.86. The molecule has 1 aliphatic heterocycles. The van der Waals surface area contributed by atoms with Crippen molar-refractivity contribution >= 4 is 23.2 Å². The van der Waals surface area contributed by atoms with Gasteiger partial charge < -0.3 is 10.2 Å². The molecule has 1 N–H and O–H groups in total. The first-order chi connectivity index (χ1) is 12.0. The van der Waals surface area contributed by atoms with Crippen LogP contribution in [-0.2, 0) is 16.0 Å². The molecule has 0 aliphatic carbocycles. The summed E-state index contributed by atoms with van der Waals surface area (Å²) in [6.07, 6.45) is 1.22. The van der Waals surface area contributed by atoms with E-state index < -0.39 is 0 Å². The van der Waals surface area contributed by atoms with Gasteiger partial charge in [-0.25, -0.2) is 0 Å². The molecule has 1 heterocycles. The first kappa shape index (κ1) is 17.2. The van der Waals surface area contributed by atoms with Crippen molar-refractivity contribution in [1.82, 2.24) is 0 Å². The van der Waals surface area contributed by atoms with Gasteiger partial charge in [-0.05, 0) is 61.2 Å². The number of benzene rings is 2. The zero-order valence-electron chi connectivity index (χ0n) is 15.0. The van der Waals surface area contributed by atoms with Gasteiger partial charge in [0.2, 0.25) is 11.8 Å². The molecule has 0 spiro atoms. The molecule has 2 aromatic rings. The lowest BCUT2D eigenvalue weighted by Gasteiger charge is -2.17. The quantitative estimate of drug-likeness (QED) is 0.922. The molecule has 0 radical (unpaired) electrons. The first-order valence-corrected chi connectivity index (χ1v) is 8.74. The van der Waals surface area contributed by atoms with Crippen LogP contribution in [0.4, 0.5) is 11.4 Å². The van der Waals surface area contributed by atoms with Crippen molar-refractivity contribution in [3.63, 3.8) is 0 Å². The molecule has 25 heavy (non-hydrogen) atoms. The molecule has 1 unspecified atom stereocenters. The monoisotopic (exact) mass is 336 g/mol. The Hall–Kier alpha value is -2.62. The van der Waals surface area contributed by atoms with Crippen molar-refractivity contribution in [2.75, 3.05) is 16.8 Å². The minimum atomic E-state index is -0.320. The number of hydrogen-bond acceptors (Lipinski definition) is 2. The molecule has 3 rings (SSSR count). The standard InChI is InChI=1S/C21H24N2O2/c1-4-16-5-7-19(8-6-16)23-13-17(12-20(23)24)21(25)22-18-10-14(2)9-15(3)11-18/h5-11,17H,4,12-13H2,1-3H3,(H,22,25). The third kappa shape index (κ3) is 3.90. The number of anilines is 2. The number of aryl methyl sites for hydroxylation is 3. The summed E-state index contributed by atoms with van der Waals surface area (Å²) in [5.41, 5.74) is 5.11. The van der Waals surface area contributed by atoms with Gasteiger partial charge in [0, 0.05) is 24.3 Å². The zero-order chi connectivity index (χ0) is 18.0. The number of amides is 2. The maximum atomic E-state index is 12.6. The highest BCUT2D eigenvalue weighted by molar-refractivity contribution is 6.03. The van der Waals surface area contributed by atoms with Crippen LogP contribution in [0.2, 0.25) is 0 Å². The maximum Gasteiger partial charge on any atom is 0.229 e. The average Bonchev–Trinajstić information content (AvgIpc) is 2.96. The second-order valence-corrected chi connectivity index (χ2v) is 6.79. The Bertz CT molecular complexity index is 776. The van der Waals surface area contributed by atoms with Crippen LogP contribution >= 0.6 is 0 Å². The van der Waals surface area contributed by atoms with Crippen LogP contribution in [0.3, 0.4) is 0 Å². The van der Waals surface area contributed by atoms with Crippen LogP contribution in [-0.4, -0.2) is 18.4 Å². The van der Waals surface area contributed by atoms with Crippen molar-refractivity contribution < 1.29 is 9.59 Å². The van der Waals surface area contributed by atoms with E-state index in [0.29, 0.717) is 6.54 Å². The average molecular weight is 336 g/mol. The van der Waals surface area contributed by atoms with E-state index in [1.807, 2.05) is 50.2 Å². The van der Waals surface area contributed by atoms with E-state index in [1.165, 1.54) is 5.56 Å². The van der Waals surface area contributed by atoms with Gasteiger partial charge in [-0.3, -0.25) is 9.59 Å². The molecule has 1 fully saturated rings. The number of carbonyl (C=O) groups excluding carboxylic acids is 2. The lowest BCUT2D eigenvalue weighted by molar-refractivity contribution is -0.122. The molecule has 0 saturated carbocycles. The fraction of sp³-hybridized carbons (Fsp3) is 0.333. The third-order valence-corrected chi connectivity index (χ3v) is 4.64. The fourth-order valence-corrected chi connectivity index (χ4v) is 3.34. The summed E-state index contributed by atoms with van der Waals surface area (Å²) < 4.78 is 0. The van der Waals surface area contributed by atoms with Gasteiger partial charge in [0.25, 0.3) is 0 Å². The summed E-state index contributed by atoms with van der Waals surface area (Å²) in [5, 5.41) is 2.96. The molecule has 1 atom stereocenters. The molecule has 0 aromatic heterocycles. The minimum Gasteiger partial charge on any atom is -0.326 e. The predicted molar refractivity (Wildman–Crippen MR) is 101 cm³/mol. The second-order valence-electron chi connectivity index (χ2n) is 6.79. The van der Waals surface area contributed by atoms with E-state index in [2.05, 4.69) is 18.3 Å². The highest BCUT2D eigenvalue weighted by Gasteiger charge is 2.35. The summed E-state index contributed by atoms with van der Waals surface area (Å²) in [4.78, 5) is 26.6. The van der Waals surface area contributed by atoms with E-state index in [9.17, 15) is 9.59 Å². The van der Waals surface area contributed by atoms with Gasteiger partial charge in [0.1, 0.15) is 0 Å². The molecular weight excluding hydrogens is 312 g/mol. The molecular formula is C21H24N2O2. The third-order valence-electron chi connectivity index (χ3n) is 4.64. The Morgan fingerprint density at radius 1 is 1.12 bits per heavy atom. The number of nitrogens with zero attached hydrogens (tertiary/aromatic N) is 1. The van der Waals surface area contributed by atoms with E-state index in [4.69, 9.17) is 0 Å². The van der Waals surface area contributed by atoms with Crippen molar-refractivity contribution in [1.29, 1.82) is 0 Å². The van der Waals surface area contributed by atoms with Gasteiger partial charge in [-0.1, -0.05) is 25.1 Å². The van der Waals surface area contributed by atoms with Crippen LogP contribution in [0.1, 0.15) is 30.0 Å². The van der Waals surface area contributed by atoms with Gasteiger partial charge in [0.05, 0.1) is 5.92 Å². The van der Waals surface area contributed by atoms with Gasteiger partial charge in [-0.15, -0.1) is 0 Å². The number of rotatable bonds is 4. The molecule has 130 valence electrons. The smallest absolute Gasteiger partial charge is 0.229 e. The maximum absolute atomic E-state index is 12.6. The molecule has 1 saturated heterocycles. The summed E-state index contributed by atoms with van der Waals surface area (Å²) in [5.74, 6) is -0.407. The molecule has 4 nitrogen and oxygen atoms in total. The van der Waals surface area contributed by atoms with Crippen LogP contribution in [0.15, 0.2) is 42.5 Å². The highest BCUT2D eigenvalue weighted by Crippen LogP contribution is 2.26. The minimum absolute atomic E-state index is 0.00446. The fourth-order valence-electron chi connectivity index (χ4n) is 3.34. The summed E-state index contributed by atoms with van der Waals surface area (Å²) in [6, 6.07) is 13.9. The summed E-state index contributed by atoms with van der Waals surface area (Å²) >= 11 is 0. The zero-order valence-corrected chi connectivity index (χ0v) is 15.0. The summed E-state index contributed by atoms with van der Waals surface area (Å²) in [7, 11) is 0. The Balaban J connectivity index is 1.69.